The van der Waals surface area contributed by atoms with E-state index in [4.69, 9.17) is 10.5 Å². The first-order chi connectivity index (χ1) is 9.34. The maximum Gasteiger partial charge on any atom is 0.416 e. The molecular formula is C14H21F3N2O. The zero-order chi connectivity index (χ0) is 15.2. The second-order valence-electron chi connectivity index (χ2n) is 4.83. The average Bonchev–Trinajstić information content (AvgIpc) is 2.38. The highest BCUT2D eigenvalue weighted by molar-refractivity contribution is 5.26. The van der Waals surface area contributed by atoms with Gasteiger partial charge in [-0.3, -0.25) is 0 Å². The molecule has 0 aliphatic carbocycles. The van der Waals surface area contributed by atoms with Crippen molar-refractivity contribution in [2.24, 2.45) is 5.73 Å². The van der Waals surface area contributed by atoms with Crippen LogP contribution in [-0.4, -0.2) is 38.8 Å². The molecule has 0 bridgehead atoms. The van der Waals surface area contributed by atoms with Gasteiger partial charge in [0.05, 0.1) is 5.56 Å². The van der Waals surface area contributed by atoms with E-state index < -0.39 is 11.7 Å². The van der Waals surface area contributed by atoms with Crippen LogP contribution in [0.25, 0.3) is 0 Å². The Morgan fingerprint density at radius 2 is 1.85 bits per heavy atom. The summed E-state index contributed by atoms with van der Waals surface area (Å²) in [4.78, 5) is 2.04. The van der Waals surface area contributed by atoms with Crippen molar-refractivity contribution in [1.29, 1.82) is 0 Å². The monoisotopic (exact) mass is 290 g/mol. The molecule has 0 amide bonds. The van der Waals surface area contributed by atoms with Crippen molar-refractivity contribution in [2.45, 2.75) is 18.6 Å². The molecule has 1 rings (SSSR count). The van der Waals surface area contributed by atoms with Gasteiger partial charge in [0.25, 0.3) is 0 Å². The zero-order valence-corrected chi connectivity index (χ0v) is 11.8. The standard InChI is InChI=1S/C14H21F3N2O/c1-19(8-3-9-20-2)10-13(18)11-4-6-12(7-5-11)14(15,16)17/h4-7,13H,3,8-10,18H2,1-2H3. The van der Waals surface area contributed by atoms with Crippen LogP contribution in [0.5, 0.6) is 0 Å². The SMILES string of the molecule is COCCCN(C)CC(N)c1ccc(C(F)(F)F)cc1. The molecule has 2 N–H and O–H groups in total. The smallest absolute Gasteiger partial charge is 0.385 e. The first-order valence-corrected chi connectivity index (χ1v) is 6.45. The minimum atomic E-state index is -4.31. The highest BCUT2D eigenvalue weighted by Crippen LogP contribution is 2.29. The van der Waals surface area contributed by atoms with Gasteiger partial charge in [-0.25, -0.2) is 0 Å². The van der Waals surface area contributed by atoms with Gasteiger partial charge in [0.2, 0.25) is 0 Å². The second-order valence-corrected chi connectivity index (χ2v) is 4.83. The number of hydrogen-bond acceptors (Lipinski definition) is 3. The molecule has 20 heavy (non-hydrogen) atoms. The van der Waals surface area contributed by atoms with E-state index in [-0.39, 0.29) is 6.04 Å². The molecule has 0 saturated carbocycles. The van der Waals surface area contributed by atoms with Crippen LogP contribution in [0.3, 0.4) is 0 Å². The van der Waals surface area contributed by atoms with E-state index in [1.54, 1.807) is 7.11 Å². The lowest BCUT2D eigenvalue weighted by Gasteiger charge is -2.21. The van der Waals surface area contributed by atoms with Gasteiger partial charge in [0.15, 0.2) is 0 Å². The molecule has 0 spiro atoms. The maximum atomic E-state index is 12.5. The summed E-state index contributed by atoms with van der Waals surface area (Å²) in [5.74, 6) is 0. The fourth-order valence-electron chi connectivity index (χ4n) is 1.93. The summed E-state index contributed by atoms with van der Waals surface area (Å²) < 4.78 is 42.3. The van der Waals surface area contributed by atoms with Gasteiger partial charge in [-0.15, -0.1) is 0 Å². The molecule has 1 aromatic carbocycles. The van der Waals surface area contributed by atoms with Crippen LogP contribution in [0.1, 0.15) is 23.6 Å². The topological polar surface area (TPSA) is 38.5 Å². The number of hydrogen-bond donors (Lipinski definition) is 1. The van der Waals surface area contributed by atoms with Crippen LogP contribution in [0.15, 0.2) is 24.3 Å². The van der Waals surface area contributed by atoms with Gasteiger partial charge in [-0.05, 0) is 31.2 Å². The summed E-state index contributed by atoms with van der Waals surface area (Å²) in [6.45, 7) is 2.11. The summed E-state index contributed by atoms with van der Waals surface area (Å²) in [5.41, 5.74) is 6.06. The molecule has 0 fully saturated rings. The first kappa shape index (κ1) is 16.9. The van der Waals surface area contributed by atoms with Gasteiger partial charge in [0, 0.05) is 32.8 Å². The molecule has 0 radical (unpaired) electrons. The predicted molar refractivity (Wildman–Crippen MR) is 72.4 cm³/mol. The summed E-state index contributed by atoms with van der Waals surface area (Å²) in [5, 5.41) is 0. The predicted octanol–water partition coefficient (Wildman–Crippen LogP) is 2.67. The molecule has 0 aromatic heterocycles. The highest BCUT2D eigenvalue weighted by atomic mass is 19.4. The number of halogens is 3. The molecule has 3 nitrogen and oxygen atoms in total. The third kappa shape index (κ3) is 5.48. The lowest BCUT2D eigenvalue weighted by molar-refractivity contribution is -0.137. The van der Waals surface area contributed by atoms with Crippen molar-refractivity contribution in [3.63, 3.8) is 0 Å². The third-order valence-corrected chi connectivity index (χ3v) is 3.06. The molecule has 0 aliphatic heterocycles. The van der Waals surface area contributed by atoms with Crippen LogP contribution in [0.4, 0.5) is 13.2 Å². The van der Waals surface area contributed by atoms with E-state index in [0.29, 0.717) is 18.7 Å². The normalized spacial score (nSPS) is 13.8. The fourth-order valence-corrected chi connectivity index (χ4v) is 1.93. The quantitative estimate of drug-likeness (QED) is 0.785. The van der Waals surface area contributed by atoms with E-state index in [2.05, 4.69) is 0 Å². The Morgan fingerprint density at radius 1 is 1.25 bits per heavy atom. The zero-order valence-electron chi connectivity index (χ0n) is 11.8. The number of ether oxygens (including phenoxy) is 1. The van der Waals surface area contributed by atoms with Crippen molar-refractivity contribution >= 4 is 0 Å². The van der Waals surface area contributed by atoms with Gasteiger partial charge in [-0.1, -0.05) is 12.1 Å². The van der Waals surface area contributed by atoms with E-state index in [1.807, 2.05) is 11.9 Å². The number of methoxy groups -OCH3 is 1. The summed E-state index contributed by atoms with van der Waals surface area (Å²) in [6, 6.07) is 4.72. The van der Waals surface area contributed by atoms with Gasteiger partial charge in [-0.2, -0.15) is 13.2 Å². The van der Waals surface area contributed by atoms with Crippen LogP contribution in [0, 0.1) is 0 Å². The first-order valence-electron chi connectivity index (χ1n) is 6.45. The second kappa shape index (κ2) is 7.61. The lowest BCUT2D eigenvalue weighted by atomic mass is 10.0. The number of alkyl halides is 3. The van der Waals surface area contributed by atoms with Crippen LogP contribution < -0.4 is 5.73 Å². The van der Waals surface area contributed by atoms with Crippen LogP contribution in [0.2, 0.25) is 0 Å². The van der Waals surface area contributed by atoms with E-state index in [1.165, 1.54) is 12.1 Å². The molecule has 1 aromatic rings. The average molecular weight is 290 g/mol. The Bertz CT molecular complexity index is 392. The molecule has 114 valence electrons. The molecule has 0 heterocycles. The van der Waals surface area contributed by atoms with Crippen LogP contribution >= 0.6 is 0 Å². The van der Waals surface area contributed by atoms with Crippen molar-refractivity contribution in [2.75, 3.05) is 33.9 Å². The molecule has 6 heteroatoms. The number of rotatable bonds is 7. The van der Waals surface area contributed by atoms with Gasteiger partial charge >= 0.3 is 6.18 Å². The summed E-state index contributed by atoms with van der Waals surface area (Å²) >= 11 is 0. The largest absolute Gasteiger partial charge is 0.416 e. The Kier molecular flexibility index (Phi) is 6.45. The Balaban J connectivity index is 2.53. The molecule has 0 aliphatic rings. The van der Waals surface area contributed by atoms with E-state index in [0.717, 1.165) is 25.1 Å². The van der Waals surface area contributed by atoms with Crippen molar-refractivity contribution in [1.82, 2.24) is 4.90 Å². The number of nitrogens with zero attached hydrogens (tertiary/aromatic N) is 1. The van der Waals surface area contributed by atoms with Gasteiger partial charge in [0.1, 0.15) is 0 Å². The number of likely N-dealkylation sites (N-methyl/N-ethyl adjacent to an activating group) is 1. The van der Waals surface area contributed by atoms with Crippen molar-refractivity contribution < 1.29 is 17.9 Å². The minimum Gasteiger partial charge on any atom is -0.385 e. The Labute approximate surface area is 117 Å². The van der Waals surface area contributed by atoms with Crippen molar-refractivity contribution in [3.8, 4) is 0 Å². The molecule has 0 saturated heterocycles. The highest BCUT2D eigenvalue weighted by Gasteiger charge is 2.30. The Hall–Kier alpha value is -1.11. The maximum absolute atomic E-state index is 12.5. The third-order valence-electron chi connectivity index (χ3n) is 3.06. The number of benzene rings is 1. The molecule has 1 atom stereocenters. The minimum absolute atomic E-state index is 0.301. The van der Waals surface area contributed by atoms with E-state index >= 15 is 0 Å². The molecular weight excluding hydrogens is 269 g/mol. The Morgan fingerprint density at radius 3 is 2.35 bits per heavy atom. The molecule has 1 unspecified atom stereocenters. The van der Waals surface area contributed by atoms with Crippen molar-refractivity contribution in [3.05, 3.63) is 35.4 Å². The van der Waals surface area contributed by atoms with Crippen LogP contribution in [-0.2, 0) is 10.9 Å². The summed E-state index contributed by atoms with van der Waals surface area (Å²) in [7, 11) is 3.58. The van der Waals surface area contributed by atoms with Gasteiger partial charge < -0.3 is 15.4 Å². The van der Waals surface area contributed by atoms with E-state index in [9.17, 15) is 13.2 Å². The fraction of sp³-hybridized carbons (Fsp3) is 0.571. The lowest BCUT2D eigenvalue weighted by Crippen LogP contribution is -2.30. The summed E-state index contributed by atoms with van der Waals surface area (Å²) in [6.07, 6.45) is -3.41. The number of nitrogens with two attached hydrogens (primary N) is 1.